The highest BCUT2D eigenvalue weighted by Crippen LogP contribution is 2.34. The van der Waals surface area contributed by atoms with Gasteiger partial charge in [-0.15, -0.1) is 11.8 Å². The lowest BCUT2D eigenvalue weighted by atomic mass is 10.0. The predicted molar refractivity (Wildman–Crippen MR) is 82.5 cm³/mol. The lowest BCUT2D eigenvalue weighted by Gasteiger charge is -2.31. The standard InChI is InChI=1S/C16H21NS/c1-13(2)17-11-9-15(10-12-17)16(18-3)14-7-5-4-6-8-14/h4-8H,1,9-12H2,2-3H3. The van der Waals surface area contributed by atoms with E-state index in [9.17, 15) is 0 Å². The topological polar surface area (TPSA) is 3.24 Å². The van der Waals surface area contributed by atoms with E-state index >= 15 is 0 Å². The normalized spacial score (nSPS) is 15.7. The molecule has 1 aromatic carbocycles. The highest BCUT2D eigenvalue weighted by molar-refractivity contribution is 8.07. The lowest BCUT2D eigenvalue weighted by molar-refractivity contribution is 0.324. The first-order valence-electron chi connectivity index (χ1n) is 6.44. The SMILES string of the molecule is C=C(C)N1CCC(=C(SC)c2ccccc2)CC1. The van der Waals surface area contributed by atoms with Crippen LogP contribution in [0.5, 0.6) is 0 Å². The summed E-state index contributed by atoms with van der Waals surface area (Å²) >= 11 is 1.88. The molecule has 2 rings (SSSR count). The molecule has 1 aliphatic rings. The average molecular weight is 259 g/mol. The van der Waals surface area contributed by atoms with Crippen molar-refractivity contribution in [2.45, 2.75) is 19.8 Å². The second-order valence-electron chi connectivity index (χ2n) is 4.73. The Morgan fingerprint density at radius 2 is 1.78 bits per heavy atom. The largest absolute Gasteiger partial charge is 0.375 e. The van der Waals surface area contributed by atoms with Crippen molar-refractivity contribution in [2.75, 3.05) is 19.3 Å². The molecular weight excluding hydrogens is 238 g/mol. The van der Waals surface area contributed by atoms with Gasteiger partial charge in [-0.3, -0.25) is 0 Å². The van der Waals surface area contributed by atoms with Gasteiger partial charge in [0.1, 0.15) is 0 Å². The van der Waals surface area contributed by atoms with Crippen LogP contribution in [-0.4, -0.2) is 24.2 Å². The van der Waals surface area contributed by atoms with Crippen LogP contribution in [0, 0.1) is 0 Å². The van der Waals surface area contributed by atoms with Gasteiger partial charge in [0.15, 0.2) is 0 Å². The highest BCUT2D eigenvalue weighted by atomic mass is 32.2. The fourth-order valence-electron chi connectivity index (χ4n) is 2.44. The average Bonchev–Trinajstić information content (AvgIpc) is 2.41. The molecule has 0 bridgehead atoms. The summed E-state index contributed by atoms with van der Waals surface area (Å²) in [6.45, 7) is 8.36. The van der Waals surface area contributed by atoms with E-state index in [2.05, 4.69) is 55.0 Å². The van der Waals surface area contributed by atoms with Crippen molar-refractivity contribution in [3.63, 3.8) is 0 Å². The molecular formula is C16H21NS. The Balaban J connectivity index is 2.18. The number of allylic oxidation sites excluding steroid dienone is 1. The number of hydrogen-bond acceptors (Lipinski definition) is 2. The molecule has 0 spiro atoms. The molecule has 0 unspecified atom stereocenters. The van der Waals surface area contributed by atoms with Crippen molar-refractivity contribution in [1.29, 1.82) is 0 Å². The lowest BCUT2D eigenvalue weighted by Crippen LogP contribution is -2.28. The smallest absolute Gasteiger partial charge is 0.0212 e. The van der Waals surface area contributed by atoms with E-state index in [0.717, 1.165) is 25.9 Å². The molecule has 1 nitrogen and oxygen atoms in total. The number of nitrogens with zero attached hydrogens (tertiary/aromatic N) is 1. The zero-order chi connectivity index (χ0) is 13.0. The summed E-state index contributed by atoms with van der Waals surface area (Å²) < 4.78 is 0. The molecule has 1 fully saturated rings. The van der Waals surface area contributed by atoms with E-state index in [1.807, 2.05) is 11.8 Å². The first-order chi connectivity index (χ1) is 8.72. The van der Waals surface area contributed by atoms with Gasteiger partial charge in [-0.05, 0) is 31.6 Å². The van der Waals surface area contributed by atoms with Gasteiger partial charge in [0.25, 0.3) is 0 Å². The maximum absolute atomic E-state index is 4.03. The fourth-order valence-corrected chi connectivity index (χ4v) is 3.31. The fraction of sp³-hybridized carbons (Fsp3) is 0.375. The summed E-state index contributed by atoms with van der Waals surface area (Å²) in [5, 5.41) is 0. The van der Waals surface area contributed by atoms with E-state index in [1.165, 1.54) is 16.2 Å². The van der Waals surface area contributed by atoms with Gasteiger partial charge in [-0.25, -0.2) is 0 Å². The molecule has 18 heavy (non-hydrogen) atoms. The van der Waals surface area contributed by atoms with Crippen molar-refractivity contribution in [3.05, 3.63) is 53.7 Å². The third kappa shape index (κ3) is 2.99. The van der Waals surface area contributed by atoms with E-state index in [1.54, 1.807) is 5.57 Å². The van der Waals surface area contributed by atoms with E-state index < -0.39 is 0 Å². The third-order valence-corrected chi connectivity index (χ3v) is 4.40. The van der Waals surface area contributed by atoms with Crippen molar-refractivity contribution < 1.29 is 0 Å². The molecule has 1 aromatic rings. The van der Waals surface area contributed by atoms with Crippen molar-refractivity contribution in [1.82, 2.24) is 4.90 Å². The quantitative estimate of drug-likeness (QED) is 0.792. The van der Waals surface area contributed by atoms with Crippen molar-refractivity contribution in [3.8, 4) is 0 Å². The van der Waals surface area contributed by atoms with E-state index in [4.69, 9.17) is 0 Å². The van der Waals surface area contributed by atoms with E-state index in [-0.39, 0.29) is 0 Å². The second-order valence-corrected chi connectivity index (χ2v) is 5.54. The summed E-state index contributed by atoms with van der Waals surface area (Å²) in [5.41, 5.74) is 4.16. The molecule has 0 amide bonds. The Labute approximate surface area is 115 Å². The summed E-state index contributed by atoms with van der Waals surface area (Å²) in [6, 6.07) is 10.7. The Hall–Kier alpha value is -1.15. The molecule has 1 heterocycles. The predicted octanol–water partition coefficient (Wildman–Crippen LogP) is 4.39. The van der Waals surface area contributed by atoms with Crippen molar-refractivity contribution in [2.24, 2.45) is 0 Å². The molecule has 96 valence electrons. The van der Waals surface area contributed by atoms with Gasteiger partial charge < -0.3 is 4.90 Å². The number of rotatable bonds is 3. The number of benzene rings is 1. The van der Waals surface area contributed by atoms with Gasteiger partial charge >= 0.3 is 0 Å². The molecule has 1 aliphatic heterocycles. The van der Waals surface area contributed by atoms with Crippen LogP contribution >= 0.6 is 11.8 Å². The first-order valence-corrected chi connectivity index (χ1v) is 7.66. The number of hydrogen-bond donors (Lipinski definition) is 0. The molecule has 1 saturated heterocycles. The minimum absolute atomic E-state index is 1.11. The maximum Gasteiger partial charge on any atom is 0.0212 e. The van der Waals surface area contributed by atoms with Crippen LogP contribution in [0.25, 0.3) is 4.91 Å². The zero-order valence-corrected chi connectivity index (χ0v) is 12.1. The summed E-state index contributed by atoms with van der Waals surface area (Å²) in [7, 11) is 0. The maximum atomic E-state index is 4.03. The van der Waals surface area contributed by atoms with Crippen LogP contribution in [0.4, 0.5) is 0 Å². The molecule has 0 radical (unpaired) electrons. The van der Waals surface area contributed by atoms with Crippen molar-refractivity contribution >= 4 is 16.7 Å². The molecule has 0 saturated carbocycles. The Bertz CT molecular complexity index is 437. The molecule has 0 N–H and O–H groups in total. The monoisotopic (exact) mass is 259 g/mol. The number of piperidine rings is 1. The van der Waals surface area contributed by atoms with Gasteiger partial charge in [-0.1, -0.05) is 42.5 Å². The van der Waals surface area contributed by atoms with Crippen LogP contribution in [0.3, 0.4) is 0 Å². The summed E-state index contributed by atoms with van der Waals surface area (Å²) in [6.07, 6.45) is 4.51. The van der Waals surface area contributed by atoms with Gasteiger partial charge in [0, 0.05) is 23.7 Å². The van der Waals surface area contributed by atoms with Crippen LogP contribution in [0.1, 0.15) is 25.3 Å². The van der Waals surface area contributed by atoms with Crippen LogP contribution < -0.4 is 0 Å². The summed E-state index contributed by atoms with van der Waals surface area (Å²) in [5.74, 6) is 0. The van der Waals surface area contributed by atoms with Crippen LogP contribution in [0.2, 0.25) is 0 Å². The molecule has 0 aliphatic carbocycles. The van der Waals surface area contributed by atoms with Crippen LogP contribution in [0.15, 0.2) is 48.2 Å². The van der Waals surface area contributed by atoms with Crippen LogP contribution in [-0.2, 0) is 0 Å². The van der Waals surface area contributed by atoms with Gasteiger partial charge in [0.05, 0.1) is 0 Å². The first kappa shape index (κ1) is 13.3. The zero-order valence-electron chi connectivity index (χ0n) is 11.3. The summed E-state index contributed by atoms with van der Waals surface area (Å²) in [4.78, 5) is 3.85. The molecule has 0 aromatic heterocycles. The minimum atomic E-state index is 1.11. The van der Waals surface area contributed by atoms with Gasteiger partial charge in [0.2, 0.25) is 0 Å². The Morgan fingerprint density at radius 3 is 2.28 bits per heavy atom. The Morgan fingerprint density at radius 1 is 1.17 bits per heavy atom. The Kier molecular flexibility index (Phi) is 4.54. The molecule has 0 atom stereocenters. The minimum Gasteiger partial charge on any atom is -0.375 e. The number of thioether (sulfide) groups is 1. The van der Waals surface area contributed by atoms with E-state index in [0.29, 0.717) is 0 Å². The molecule has 2 heteroatoms. The third-order valence-electron chi connectivity index (χ3n) is 3.47. The number of likely N-dealkylation sites (tertiary alicyclic amines) is 1. The second kappa shape index (κ2) is 6.14. The highest BCUT2D eigenvalue weighted by Gasteiger charge is 2.16. The van der Waals surface area contributed by atoms with Gasteiger partial charge in [-0.2, -0.15) is 0 Å².